The van der Waals surface area contributed by atoms with Crippen molar-refractivity contribution in [3.8, 4) is 0 Å². The topological polar surface area (TPSA) is 12.5 Å². The molecular weight excluding hydrogens is 368 g/mol. The number of ether oxygens (including phenoxy) is 1. The maximum Gasteiger partial charge on any atom is 0.284 e. The number of fused-ring (bicyclic) bond motifs is 3. The van der Waals surface area contributed by atoms with Crippen LogP contribution in [0.3, 0.4) is 0 Å². The first-order valence-electron chi connectivity index (χ1n) is 9.49. The van der Waals surface area contributed by atoms with Crippen LogP contribution < -0.4 is 15.3 Å². The number of nitrogens with zero attached hydrogens (tertiary/aromatic N) is 1. The molecule has 0 radical (unpaired) electrons. The molecule has 144 valence electrons. The number of para-hydroxylation sites is 1. The Morgan fingerprint density at radius 2 is 1.59 bits per heavy atom. The summed E-state index contributed by atoms with van der Waals surface area (Å²) >= 11 is 0. The highest BCUT2D eigenvalue weighted by Gasteiger charge is 2.36. The molecule has 2 aliphatic rings. The molecule has 0 amide bonds. The van der Waals surface area contributed by atoms with Crippen LogP contribution in [0, 0.1) is 0 Å². The Morgan fingerprint density at radius 1 is 0.897 bits per heavy atom. The van der Waals surface area contributed by atoms with Crippen molar-refractivity contribution in [1.29, 1.82) is 0 Å². The van der Waals surface area contributed by atoms with E-state index in [9.17, 15) is 8.78 Å². The van der Waals surface area contributed by atoms with Gasteiger partial charge in [-0.3, -0.25) is 0 Å². The molecule has 5 rings (SSSR count). The van der Waals surface area contributed by atoms with Crippen molar-refractivity contribution < 1.29 is 13.5 Å². The van der Waals surface area contributed by atoms with Gasteiger partial charge in [0.15, 0.2) is 0 Å². The fourth-order valence-electron chi connectivity index (χ4n) is 4.18. The Morgan fingerprint density at radius 3 is 2.28 bits per heavy atom. The lowest BCUT2D eigenvalue weighted by Crippen LogP contribution is -2.42. The van der Waals surface area contributed by atoms with Crippen molar-refractivity contribution in [2.45, 2.75) is 5.92 Å². The molecule has 3 aromatic rings. The number of alkyl halides is 2. The standard InChI is InChI=1S/C25H19F2NO/c1-29-22-14-21(17-8-4-2-5-9-17)23-20(22)13-12-18-15-25(26,27)16-28(24(18)23)19-10-6-3-7-11-19/h2-15H,16H2,1H3. The fourth-order valence-corrected chi connectivity index (χ4v) is 4.18. The molecule has 2 nitrogen and oxygen atoms in total. The van der Waals surface area contributed by atoms with Crippen LogP contribution in [-0.2, 0) is 4.74 Å². The molecule has 0 aromatic heterocycles. The summed E-state index contributed by atoms with van der Waals surface area (Å²) in [6, 6.07) is 23.0. The van der Waals surface area contributed by atoms with E-state index >= 15 is 0 Å². The van der Waals surface area contributed by atoms with Crippen LogP contribution in [0.15, 0.2) is 78.9 Å². The molecule has 4 heteroatoms. The monoisotopic (exact) mass is 387 g/mol. The maximum atomic E-state index is 14.6. The van der Waals surface area contributed by atoms with E-state index in [4.69, 9.17) is 4.74 Å². The number of rotatable bonds is 3. The summed E-state index contributed by atoms with van der Waals surface area (Å²) in [5.41, 5.74) is 4.48. The van der Waals surface area contributed by atoms with E-state index in [1.54, 1.807) is 18.1 Å². The Balaban J connectivity index is 1.84. The zero-order chi connectivity index (χ0) is 20.0. The summed E-state index contributed by atoms with van der Waals surface area (Å²) < 4.78 is 34.8. The third-order valence-electron chi connectivity index (χ3n) is 5.40. The van der Waals surface area contributed by atoms with Gasteiger partial charge in [-0.05, 0) is 41.5 Å². The highest BCUT2D eigenvalue weighted by atomic mass is 19.3. The number of benzene rings is 3. The molecule has 0 N–H and O–H groups in total. The normalized spacial score (nSPS) is 16.6. The molecule has 0 unspecified atom stereocenters. The van der Waals surface area contributed by atoms with Crippen LogP contribution in [0.2, 0.25) is 0 Å². The molecule has 0 bridgehead atoms. The molecule has 1 aliphatic carbocycles. The predicted octanol–water partition coefficient (Wildman–Crippen LogP) is 4.45. The van der Waals surface area contributed by atoms with Crippen molar-refractivity contribution >= 4 is 28.8 Å². The third-order valence-corrected chi connectivity index (χ3v) is 5.40. The van der Waals surface area contributed by atoms with Gasteiger partial charge < -0.3 is 9.64 Å². The Bertz CT molecular complexity index is 1230. The van der Waals surface area contributed by atoms with E-state index in [0.717, 1.165) is 45.1 Å². The lowest BCUT2D eigenvalue weighted by atomic mass is 9.94. The number of methoxy groups -OCH3 is 1. The summed E-state index contributed by atoms with van der Waals surface area (Å²) in [6.45, 7) is -0.398. The smallest absolute Gasteiger partial charge is 0.284 e. The van der Waals surface area contributed by atoms with E-state index in [2.05, 4.69) is 0 Å². The van der Waals surface area contributed by atoms with Crippen LogP contribution in [-0.4, -0.2) is 19.6 Å². The quantitative estimate of drug-likeness (QED) is 0.658. The van der Waals surface area contributed by atoms with Crippen molar-refractivity contribution in [3.05, 3.63) is 100 Å². The van der Waals surface area contributed by atoms with Crippen molar-refractivity contribution in [2.75, 3.05) is 18.6 Å². The number of hydrogen-bond donors (Lipinski definition) is 0. The van der Waals surface area contributed by atoms with E-state index in [1.807, 2.05) is 72.8 Å². The van der Waals surface area contributed by atoms with Gasteiger partial charge in [-0.15, -0.1) is 0 Å². The molecule has 0 saturated heterocycles. The summed E-state index contributed by atoms with van der Waals surface area (Å²) in [5.74, 6) is -2.17. The van der Waals surface area contributed by atoms with Crippen LogP contribution >= 0.6 is 0 Å². The molecular formula is C25H19F2NO. The summed E-state index contributed by atoms with van der Waals surface area (Å²) in [6.07, 6.45) is 3.08. The minimum atomic E-state index is -2.92. The van der Waals surface area contributed by atoms with Gasteiger partial charge in [0.2, 0.25) is 0 Å². The molecule has 0 spiro atoms. The van der Waals surface area contributed by atoms with E-state index in [0.29, 0.717) is 5.22 Å². The minimum Gasteiger partial charge on any atom is -0.496 e. The first kappa shape index (κ1) is 17.7. The number of halogens is 2. The number of anilines is 2. The zero-order valence-corrected chi connectivity index (χ0v) is 15.9. The second-order valence-corrected chi connectivity index (χ2v) is 7.25. The third kappa shape index (κ3) is 2.92. The molecule has 0 atom stereocenters. The summed E-state index contributed by atoms with van der Waals surface area (Å²) in [5, 5.41) is 1.45. The van der Waals surface area contributed by atoms with E-state index in [1.165, 1.54) is 0 Å². The Kier molecular flexibility index (Phi) is 4.02. The van der Waals surface area contributed by atoms with Gasteiger partial charge in [0.05, 0.1) is 19.3 Å². The van der Waals surface area contributed by atoms with Crippen molar-refractivity contribution in [1.82, 2.24) is 0 Å². The molecule has 0 fully saturated rings. The highest BCUT2D eigenvalue weighted by molar-refractivity contribution is 5.96. The van der Waals surface area contributed by atoms with Crippen LogP contribution in [0.5, 0.6) is 0 Å². The van der Waals surface area contributed by atoms with Gasteiger partial charge in [-0.1, -0.05) is 54.6 Å². The lowest BCUT2D eigenvalue weighted by molar-refractivity contribution is 0.0813. The molecule has 29 heavy (non-hydrogen) atoms. The van der Waals surface area contributed by atoms with Crippen LogP contribution in [0.4, 0.5) is 20.2 Å². The molecule has 1 heterocycles. The van der Waals surface area contributed by atoms with Crippen molar-refractivity contribution in [3.63, 3.8) is 0 Å². The fraction of sp³-hybridized carbons (Fsp3) is 0.120. The first-order chi connectivity index (χ1) is 14.1. The summed E-state index contributed by atoms with van der Waals surface area (Å²) in [7, 11) is 1.64. The lowest BCUT2D eigenvalue weighted by Gasteiger charge is -2.34. The van der Waals surface area contributed by atoms with Gasteiger partial charge in [0.25, 0.3) is 5.92 Å². The van der Waals surface area contributed by atoms with Crippen LogP contribution in [0.25, 0.3) is 17.4 Å². The maximum absolute atomic E-state index is 14.6. The summed E-state index contributed by atoms with van der Waals surface area (Å²) in [4.78, 5) is 1.73. The average Bonchev–Trinajstić information content (AvgIpc) is 3.12. The minimum absolute atomic E-state index is 0.398. The van der Waals surface area contributed by atoms with Gasteiger partial charge in [0.1, 0.15) is 5.76 Å². The van der Waals surface area contributed by atoms with E-state index < -0.39 is 12.5 Å². The van der Waals surface area contributed by atoms with Gasteiger partial charge in [-0.2, -0.15) is 8.78 Å². The van der Waals surface area contributed by atoms with Crippen molar-refractivity contribution in [2.24, 2.45) is 0 Å². The molecule has 1 aliphatic heterocycles. The SMILES string of the molecule is COC1=c2ccc3c(c2C(c2ccccc2)=C1)N(c1ccccc1)CC(F)(F)C=3. The van der Waals surface area contributed by atoms with Gasteiger partial charge >= 0.3 is 0 Å². The second kappa shape index (κ2) is 6.59. The first-order valence-corrected chi connectivity index (χ1v) is 9.49. The largest absolute Gasteiger partial charge is 0.496 e. The predicted molar refractivity (Wildman–Crippen MR) is 112 cm³/mol. The Hall–Kier alpha value is -3.40. The zero-order valence-electron chi connectivity index (χ0n) is 15.9. The van der Waals surface area contributed by atoms with Gasteiger partial charge in [-0.25, -0.2) is 0 Å². The van der Waals surface area contributed by atoms with Crippen LogP contribution in [0.1, 0.15) is 11.1 Å². The Labute approximate surface area is 167 Å². The van der Waals surface area contributed by atoms with Gasteiger partial charge in [0, 0.05) is 21.7 Å². The molecule has 3 aromatic carbocycles. The second-order valence-electron chi connectivity index (χ2n) is 7.25. The number of hydrogen-bond acceptors (Lipinski definition) is 2. The average molecular weight is 387 g/mol. The highest BCUT2D eigenvalue weighted by Crippen LogP contribution is 2.38. The van der Waals surface area contributed by atoms with E-state index in [-0.39, 0.29) is 0 Å². The molecule has 0 saturated carbocycles.